The highest BCUT2D eigenvalue weighted by atomic mass is 14.6. The van der Waals surface area contributed by atoms with Crippen LogP contribution in [0.5, 0.6) is 0 Å². The highest BCUT2D eigenvalue weighted by molar-refractivity contribution is 5.46. The van der Waals surface area contributed by atoms with Crippen molar-refractivity contribution >= 4 is 0 Å². The molecule has 2 N–H and O–H groups in total. The summed E-state index contributed by atoms with van der Waals surface area (Å²) in [7, 11) is 0. The maximum Gasteiger partial charge on any atom is 0.0994 e. The highest BCUT2D eigenvalue weighted by Crippen LogP contribution is 2.08. The molecule has 0 heterocycles. The average Bonchev–Trinajstić information content (AvgIpc) is 2.16. The van der Waals surface area contributed by atoms with E-state index in [9.17, 15) is 0 Å². The van der Waals surface area contributed by atoms with Gasteiger partial charge < -0.3 is 5.73 Å². The first-order chi connectivity index (χ1) is 6.63. The number of hydrogen-bond acceptors (Lipinski definition) is 2. The van der Waals surface area contributed by atoms with Crippen molar-refractivity contribution in [2.45, 2.75) is 19.9 Å². The fourth-order valence-electron chi connectivity index (χ4n) is 1.02. The maximum absolute atomic E-state index is 8.80. The summed E-state index contributed by atoms with van der Waals surface area (Å²) in [4.78, 5) is 0. The summed E-state index contributed by atoms with van der Waals surface area (Å²) in [6.07, 6.45) is 0. The molecule has 0 aliphatic carbocycles. The minimum atomic E-state index is -0.137. The van der Waals surface area contributed by atoms with Crippen LogP contribution in [0, 0.1) is 30.1 Å². The summed E-state index contributed by atoms with van der Waals surface area (Å²) in [6.45, 7) is 3.73. The lowest BCUT2D eigenvalue weighted by molar-refractivity contribution is 0.959. The number of nitrogens with two attached hydrogens (primary N) is 1. The molecule has 2 heteroatoms. The van der Waals surface area contributed by atoms with Gasteiger partial charge in [-0.05, 0) is 31.5 Å². The molecule has 0 amide bonds. The first kappa shape index (κ1) is 10.3. The van der Waals surface area contributed by atoms with Crippen LogP contribution in [0.3, 0.4) is 0 Å². The zero-order valence-electron chi connectivity index (χ0n) is 8.33. The van der Waals surface area contributed by atoms with Gasteiger partial charge in [-0.15, -0.1) is 0 Å². The molecule has 1 aromatic rings. The number of nitriles is 1. The van der Waals surface area contributed by atoms with Crippen LogP contribution in [0.15, 0.2) is 18.2 Å². The standard InChI is InChI=1S/C12H12N2/c1-9-3-5-11(6-4-10(2)14)7-12(9)8-13/h3,5,7,10H,14H2,1-2H3. The minimum Gasteiger partial charge on any atom is -0.318 e. The van der Waals surface area contributed by atoms with Crippen LogP contribution in [0.1, 0.15) is 23.6 Å². The van der Waals surface area contributed by atoms with Crippen LogP contribution in [0.4, 0.5) is 0 Å². The number of rotatable bonds is 0. The monoisotopic (exact) mass is 184 g/mol. The van der Waals surface area contributed by atoms with Crippen molar-refractivity contribution in [1.82, 2.24) is 0 Å². The van der Waals surface area contributed by atoms with Crippen LogP contribution >= 0.6 is 0 Å². The first-order valence-electron chi connectivity index (χ1n) is 4.41. The SMILES string of the molecule is Cc1ccc(C#CC(C)N)cc1C#N. The van der Waals surface area contributed by atoms with E-state index in [0.717, 1.165) is 11.1 Å². The van der Waals surface area contributed by atoms with Gasteiger partial charge in [-0.2, -0.15) is 5.26 Å². The van der Waals surface area contributed by atoms with Crippen LogP contribution < -0.4 is 5.73 Å². The molecule has 0 aliphatic heterocycles. The van der Waals surface area contributed by atoms with Gasteiger partial charge in [0.25, 0.3) is 0 Å². The van der Waals surface area contributed by atoms with E-state index < -0.39 is 0 Å². The molecule has 1 aromatic carbocycles. The summed E-state index contributed by atoms with van der Waals surface area (Å²) < 4.78 is 0. The van der Waals surface area contributed by atoms with E-state index in [0.29, 0.717) is 5.56 Å². The second kappa shape index (κ2) is 4.46. The van der Waals surface area contributed by atoms with Gasteiger partial charge in [-0.1, -0.05) is 17.9 Å². The van der Waals surface area contributed by atoms with Gasteiger partial charge in [0.05, 0.1) is 17.7 Å². The van der Waals surface area contributed by atoms with Gasteiger partial charge in [0.1, 0.15) is 0 Å². The summed E-state index contributed by atoms with van der Waals surface area (Å²) in [5.74, 6) is 5.77. The molecular weight excluding hydrogens is 172 g/mol. The van der Waals surface area contributed by atoms with Crippen LogP contribution in [-0.4, -0.2) is 6.04 Å². The van der Waals surface area contributed by atoms with Crippen molar-refractivity contribution in [2.24, 2.45) is 5.73 Å². The Bertz CT molecular complexity index is 428. The summed E-state index contributed by atoms with van der Waals surface area (Å²) >= 11 is 0. The Morgan fingerprint density at radius 2 is 2.14 bits per heavy atom. The molecule has 14 heavy (non-hydrogen) atoms. The Balaban J connectivity index is 3.05. The van der Waals surface area contributed by atoms with Crippen molar-refractivity contribution < 1.29 is 0 Å². The molecule has 2 nitrogen and oxygen atoms in total. The molecule has 1 unspecified atom stereocenters. The lowest BCUT2D eigenvalue weighted by Gasteiger charge is -1.97. The van der Waals surface area contributed by atoms with E-state index in [2.05, 4.69) is 17.9 Å². The zero-order chi connectivity index (χ0) is 10.6. The molecule has 0 bridgehead atoms. The van der Waals surface area contributed by atoms with E-state index in [1.54, 1.807) is 6.07 Å². The Kier molecular flexibility index (Phi) is 3.29. The third kappa shape index (κ3) is 2.62. The fraction of sp³-hybridized carbons (Fsp3) is 0.250. The van der Waals surface area contributed by atoms with Gasteiger partial charge in [0, 0.05) is 5.56 Å². The molecule has 1 atom stereocenters. The van der Waals surface area contributed by atoms with Crippen molar-refractivity contribution in [3.63, 3.8) is 0 Å². The predicted molar refractivity (Wildman–Crippen MR) is 56.4 cm³/mol. The quantitative estimate of drug-likeness (QED) is 0.622. The van der Waals surface area contributed by atoms with Gasteiger partial charge in [-0.3, -0.25) is 0 Å². The lowest BCUT2D eigenvalue weighted by atomic mass is 10.1. The Labute approximate surface area is 84.4 Å². The second-order valence-corrected chi connectivity index (χ2v) is 3.20. The highest BCUT2D eigenvalue weighted by Gasteiger charge is 1.96. The molecule has 0 radical (unpaired) electrons. The summed E-state index contributed by atoms with van der Waals surface area (Å²) in [5, 5.41) is 8.80. The average molecular weight is 184 g/mol. The topological polar surface area (TPSA) is 49.8 Å². The zero-order valence-corrected chi connectivity index (χ0v) is 8.33. The number of nitrogens with zero attached hydrogens (tertiary/aromatic N) is 1. The van der Waals surface area contributed by atoms with Crippen LogP contribution in [-0.2, 0) is 0 Å². The summed E-state index contributed by atoms with van der Waals surface area (Å²) in [5.41, 5.74) is 7.98. The van der Waals surface area contributed by atoms with Gasteiger partial charge >= 0.3 is 0 Å². The van der Waals surface area contributed by atoms with E-state index in [-0.39, 0.29) is 6.04 Å². The molecule has 0 spiro atoms. The molecule has 0 saturated carbocycles. The van der Waals surface area contributed by atoms with Gasteiger partial charge in [0.2, 0.25) is 0 Å². The molecule has 1 rings (SSSR count). The molecule has 0 aromatic heterocycles. The molecule has 70 valence electrons. The van der Waals surface area contributed by atoms with Gasteiger partial charge in [-0.25, -0.2) is 0 Å². The predicted octanol–water partition coefficient (Wildman–Crippen LogP) is 1.57. The van der Waals surface area contributed by atoms with E-state index >= 15 is 0 Å². The van der Waals surface area contributed by atoms with Crippen molar-refractivity contribution in [3.8, 4) is 17.9 Å². The van der Waals surface area contributed by atoms with Crippen LogP contribution in [0.25, 0.3) is 0 Å². The fourth-order valence-corrected chi connectivity index (χ4v) is 1.02. The van der Waals surface area contributed by atoms with E-state index in [4.69, 9.17) is 11.0 Å². The van der Waals surface area contributed by atoms with E-state index in [1.807, 2.05) is 26.0 Å². The molecule has 0 fully saturated rings. The first-order valence-corrected chi connectivity index (χ1v) is 4.41. The lowest BCUT2D eigenvalue weighted by Crippen LogP contribution is -2.10. The van der Waals surface area contributed by atoms with Crippen molar-refractivity contribution in [2.75, 3.05) is 0 Å². The second-order valence-electron chi connectivity index (χ2n) is 3.20. The molecule has 0 saturated heterocycles. The van der Waals surface area contributed by atoms with E-state index in [1.165, 1.54) is 0 Å². The smallest absolute Gasteiger partial charge is 0.0994 e. The van der Waals surface area contributed by atoms with Crippen molar-refractivity contribution in [3.05, 3.63) is 34.9 Å². The maximum atomic E-state index is 8.80. The Morgan fingerprint density at radius 3 is 2.71 bits per heavy atom. The summed E-state index contributed by atoms with van der Waals surface area (Å²) in [6, 6.07) is 7.56. The Hall–Kier alpha value is -1.77. The van der Waals surface area contributed by atoms with Gasteiger partial charge in [0.15, 0.2) is 0 Å². The number of aryl methyl sites for hydroxylation is 1. The molecular formula is C12H12N2. The largest absolute Gasteiger partial charge is 0.318 e. The number of hydrogen-bond donors (Lipinski definition) is 1. The number of benzene rings is 1. The molecule has 0 aliphatic rings. The normalized spacial score (nSPS) is 11.0. The Morgan fingerprint density at radius 1 is 1.43 bits per heavy atom. The van der Waals surface area contributed by atoms with Crippen LogP contribution in [0.2, 0.25) is 0 Å². The van der Waals surface area contributed by atoms with Crippen molar-refractivity contribution in [1.29, 1.82) is 5.26 Å². The third-order valence-corrected chi connectivity index (χ3v) is 1.80. The third-order valence-electron chi connectivity index (χ3n) is 1.80. The minimum absolute atomic E-state index is 0.137.